The molecule has 1 fully saturated rings. The molecule has 0 spiro atoms. The van der Waals surface area contributed by atoms with Gasteiger partial charge in [0.05, 0.1) is 5.56 Å². The predicted molar refractivity (Wildman–Crippen MR) is 94.1 cm³/mol. The largest absolute Gasteiger partial charge is 0.489 e. The van der Waals surface area contributed by atoms with Crippen molar-refractivity contribution in [2.45, 2.75) is 25.0 Å². The van der Waals surface area contributed by atoms with Gasteiger partial charge in [0.1, 0.15) is 18.5 Å². The second-order valence-corrected chi connectivity index (χ2v) is 6.17. The van der Waals surface area contributed by atoms with Crippen molar-refractivity contribution in [1.82, 2.24) is 4.90 Å². The summed E-state index contributed by atoms with van der Waals surface area (Å²) in [4.78, 5) is 15.0. The maximum atomic E-state index is 13.0. The number of carbonyl (C=O) groups excluding carboxylic acids is 1. The van der Waals surface area contributed by atoms with Crippen LogP contribution in [0.4, 0.5) is 5.69 Å². The molecule has 1 N–H and O–H groups in total. The number of hydrogen-bond donors (Lipinski definition) is 1. The lowest BCUT2D eigenvalue weighted by Crippen LogP contribution is -2.44. The van der Waals surface area contributed by atoms with Gasteiger partial charge in [0.15, 0.2) is 0 Å². The van der Waals surface area contributed by atoms with E-state index in [0.717, 1.165) is 35.4 Å². The minimum atomic E-state index is -0.207. The van der Waals surface area contributed by atoms with Gasteiger partial charge in [-0.15, -0.1) is 0 Å². The molecule has 122 valence electrons. The summed E-state index contributed by atoms with van der Waals surface area (Å²) in [5.74, 6) is 0.878. The lowest BCUT2D eigenvalue weighted by molar-refractivity contribution is 0.0664. The minimum Gasteiger partial charge on any atom is -0.489 e. The predicted octanol–water partition coefficient (Wildman–Crippen LogP) is 3.98. The van der Waals surface area contributed by atoms with Crippen LogP contribution in [0.1, 0.15) is 34.9 Å². The molecule has 0 bridgehead atoms. The zero-order chi connectivity index (χ0) is 16.5. The summed E-state index contributed by atoms with van der Waals surface area (Å²) in [7, 11) is 0. The molecule has 0 saturated heterocycles. The van der Waals surface area contributed by atoms with Gasteiger partial charge in [-0.3, -0.25) is 4.79 Å². The number of amides is 1. The lowest BCUT2D eigenvalue weighted by Gasteiger charge is -2.38. The first-order valence-corrected chi connectivity index (χ1v) is 8.30. The number of para-hydroxylation sites is 2. The first-order valence-electron chi connectivity index (χ1n) is 8.30. The first kappa shape index (κ1) is 14.8. The zero-order valence-electron chi connectivity index (χ0n) is 13.4. The molecule has 1 aliphatic heterocycles. The van der Waals surface area contributed by atoms with E-state index in [2.05, 4.69) is 11.9 Å². The summed E-state index contributed by atoms with van der Waals surface area (Å²) in [6.45, 7) is 4.15. The van der Waals surface area contributed by atoms with Crippen LogP contribution in [0, 0.1) is 0 Å². The van der Waals surface area contributed by atoms with Gasteiger partial charge in [0.2, 0.25) is 0 Å². The molecule has 4 heteroatoms. The third-order valence-corrected chi connectivity index (χ3v) is 4.47. The van der Waals surface area contributed by atoms with Crippen LogP contribution in [0.2, 0.25) is 0 Å². The Morgan fingerprint density at radius 2 is 1.92 bits per heavy atom. The third-order valence-electron chi connectivity index (χ3n) is 4.47. The Hall–Kier alpha value is -2.75. The van der Waals surface area contributed by atoms with Gasteiger partial charge in [-0.1, -0.05) is 43.0 Å². The minimum absolute atomic E-state index is 0.0929. The van der Waals surface area contributed by atoms with Crippen LogP contribution in [0.5, 0.6) is 5.75 Å². The van der Waals surface area contributed by atoms with E-state index in [4.69, 9.17) is 4.74 Å². The Morgan fingerprint density at radius 1 is 1.17 bits per heavy atom. The smallest absolute Gasteiger partial charge is 0.258 e. The summed E-state index contributed by atoms with van der Waals surface area (Å²) >= 11 is 0. The van der Waals surface area contributed by atoms with E-state index in [1.807, 2.05) is 53.4 Å². The van der Waals surface area contributed by atoms with Crippen LogP contribution in [-0.4, -0.2) is 23.5 Å². The lowest BCUT2D eigenvalue weighted by atomic mass is 10.0. The van der Waals surface area contributed by atoms with Crippen LogP contribution < -0.4 is 10.1 Å². The molecule has 4 rings (SSSR count). The molecular formula is C20H20N2O2. The van der Waals surface area contributed by atoms with Gasteiger partial charge < -0.3 is 15.0 Å². The number of anilines is 1. The molecule has 1 saturated carbocycles. The fourth-order valence-corrected chi connectivity index (χ4v) is 3.21. The van der Waals surface area contributed by atoms with Crippen molar-refractivity contribution in [3.05, 3.63) is 72.3 Å². The Labute approximate surface area is 141 Å². The number of ether oxygens (including phenoxy) is 1. The van der Waals surface area contributed by atoms with Gasteiger partial charge in [-0.25, -0.2) is 0 Å². The van der Waals surface area contributed by atoms with E-state index in [-0.39, 0.29) is 12.1 Å². The van der Waals surface area contributed by atoms with Crippen LogP contribution >= 0.6 is 0 Å². The van der Waals surface area contributed by atoms with Crippen LogP contribution in [0.25, 0.3) is 0 Å². The maximum Gasteiger partial charge on any atom is 0.258 e. The molecule has 1 heterocycles. The maximum absolute atomic E-state index is 13.0. The fourth-order valence-electron chi connectivity index (χ4n) is 3.21. The normalized spacial score (nSPS) is 19.4. The monoisotopic (exact) mass is 320 g/mol. The summed E-state index contributed by atoms with van der Waals surface area (Å²) in [6, 6.07) is 15.9. The fraction of sp³-hybridized carbons (Fsp3) is 0.250. The Bertz CT molecular complexity index is 783. The molecule has 0 aromatic heterocycles. The Morgan fingerprint density at radius 3 is 2.71 bits per heavy atom. The number of nitrogens with zero attached hydrogens (tertiary/aromatic N) is 1. The van der Waals surface area contributed by atoms with E-state index in [9.17, 15) is 4.79 Å². The zero-order valence-corrected chi connectivity index (χ0v) is 13.4. The summed E-state index contributed by atoms with van der Waals surface area (Å²) in [5, 5.41) is 3.53. The molecule has 2 aromatic rings. The first-order chi connectivity index (χ1) is 11.8. The molecule has 2 aliphatic rings. The van der Waals surface area contributed by atoms with Crippen molar-refractivity contribution in [2.24, 2.45) is 0 Å². The van der Waals surface area contributed by atoms with Crippen molar-refractivity contribution in [2.75, 3.05) is 11.9 Å². The Kier molecular flexibility index (Phi) is 3.73. The molecule has 1 amide bonds. The highest BCUT2D eigenvalue weighted by molar-refractivity contribution is 6.02. The van der Waals surface area contributed by atoms with E-state index in [1.165, 1.54) is 0 Å². The quantitative estimate of drug-likeness (QED) is 0.847. The number of carbonyl (C=O) groups is 1. The second kappa shape index (κ2) is 6.04. The number of benzene rings is 2. The van der Waals surface area contributed by atoms with Crippen LogP contribution in [-0.2, 0) is 0 Å². The molecule has 1 atom stereocenters. The average Bonchev–Trinajstić information content (AvgIpc) is 3.45. The van der Waals surface area contributed by atoms with Crippen LogP contribution in [0.15, 0.2) is 61.2 Å². The van der Waals surface area contributed by atoms with E-state index < -0.39 is 0 Å². The highest BCUT2D eigenvalue weighted by Gasteiger charge is 2.42. The van der Waals surface area contributed by atoms with Crippen molar-refractivity contribution in [3.63, 3.8) is 0 Å². The summed E-state index contributed by atoms with van der Waals surface area (Å²) < 4.78 is 5.82. The van der Waals surface area contributed by atoms with Crippen molar-refractivity contribution in [1.29, 1.82) is 0 Å². The molecular weight excluding hydrogens is 300 g/mol. The average molecular weight is 320 g/mol. The molecule has 24 heavy (non-hydrogen) atoms. The highest BCUT2D eigenvalue weighted by atomic mass is 16.5. The number of rotatable bonds is 5. The van der Waals surface area contributed by atoms with Crippen LogP contribution in [0.3, 0.4) is 0 Å². The topological polar surface area (TPSA) is 41.6 Å². The van der Waals surface area contributed by atoms with Gasteiger partial charge >= 0.3 is 0 Å². The van der Waals surface area contributed by atoms with E-state index >= 15 is 0 Å². The Balaban J connectivity index is 1.76. The number of hydrogen-bond acceptors (Lipinski definition) is 3. The molecule has 1 aliphatic carbocycles. The second-order valence-electron chi connectivity index (χ2n) is 6.17. The van der Waals surface area contributed by atoms with Gasteiger partial charge in [-0.05, 0) is 31.0 Å². The van der Waals surface area contributed by atoms with E-state index in [1.54, 1.807) is 6.08 Å². The van der Waals surface area contributed by atoms with Gasteiger partial charge in [-0.2, -0.15) is 0 Å². The van der Waals surface area contributed by atoms with E-state index in [0.29, 0.717) is 12.6 Å². The van der Waals surface area contributed by atoms with Crippen molar-refractivity contribution < 1.29 is 9.53 Å². The molecule has 1 unspecified atom stereocenters. The van der Waals surface area contributed by atoms with Gasteiger partial charge in [0, 0.05) is 17.3 Å². The van der Waals surface area contributed by atoms with Crippen molar-refractivity contribution >= 4 is 11.6 Å². The number of nitrogens with one attached hydrogen (secondary N) is 1. The molecule has 2 aromatic carbocycles. The third kappa shape index (κ3) is 2.54. The number of fused-ring (bicyclic) bond motifs is 1. The highest BCUT2D eigenvalue weighted by Crippen LogP contribution is 2.42. The SMILES string of the molecule is C=CCOc1ccccc1C1Nc2ccccc2C(=O)N1C1CC1. The van der Waals surface area contributed by atoms with Gasteiger partial charge in [0.25, 0.3) is 5.91 Å². The molecule has 0 radical (unpaired) electrons. The summed E-state index contributed by atoms with van der Waals surface area (Å²) in [5.41, 5.74) is 2.60. The standard InChI is InChI=1S/C20H20N2O2/c1-2-13-24-18-10-6-4-8-16(18)19-21-17-9-5-3-7-15(17)20(23)22(19)14-11-12-14/h2-10,14,19,21H,1,11-13H2. The summed E-state index contributed by atoms with van der Waals surface area (Å²) in [6.07, 6.45) is 3.63. The molecule has 4 nitrogen and oxygen atoms in total. The van der Waals surface area contributed by atoms with Crippen molar-refractivity contribution in [3.8, 4) is 5.75 Å².